The summed E-state index contributed by atoms with van der Waals surface area (Å²) < 4.78 is 88.1. The van der Waals surface area contributed by atoms with Crippen molar-refractivity contribution in [3.63, 3.8) is 0 Å². The molecule has 0 radical (unpaired) electrons. The molecule has 10 heteroatoms. The summed E-state index contributed by atoms with van der Waals surface area (Å²) in [4.78, 5) is 0. The second-order valence-electron chi connectivity index (χ2n) is 9.33. The number of aliphatic hydroxyl groups excluding tert-OH is 1. The predicted octanol–water partition coefficient (Wildman–Crippen LogP) is 10.1. The highest BCUT2D eigenvalue weighted by Gasteiger charge is 2.33. The van der Waals surface area contributed by atoms with Crippen molar-refractivity contribution in [2.24, 2.45) is 0 Å². The first-order valence-corrected chi connectivity index (χ1v) is 13.6. The third kappa shape index (κ3) is 6.24. The first-order chi connectivity index (χ1) is 20.0. The molecule has 0 fully saturated rings. The molecule has 2 heterocycles. The zero-order valence-electron chi connectivity index (χ0n) is 21.6. The number of hydrogen-bond acceptors (Lipinski definition) is 3. The third-order valence-electron chi connectivity index (χ3n) is 6.56. The van der Waals surface area contributed by atoms with E-state index in [2.05, 4.69) is 15.9 Å². The number of rotatable bonds is 2. The number of ether oxygens (including phenoxy) is 2. The van der Waals surface area contributed by atoms with E-state index >= 15 is 0 Å². The lowest BCUT2D eigenvalue weighted by Crippen LogP contribution is -2.05. The van der Waals surface area contributed by atoms with E-state index in [1.165, 1.54) is 12.1 Å². The first kappa shape index (κ1) is 29.5. The van der Waals surface area contributed by atoms with Gasteiger partial charge in [-0.15, -0.1) is 0 Å². The number of fused-ring (bicyclic) bond motifs is 4. The smallest absolute Gasteiger partial charge is 0.416 e. The minimum absolute atomic E-state index is 0.126. The van der Waals surface area contributed by atoms with Crippen LogP contribution in [-0.4, -0.2) is 17.0 Å². The summed E-state index contributed by atoms with van der Waals surface area (Å²) in [7, 11) is 0. The molecular weight excluding hydrogens is 626 g/mol. The summed E-state index contributed by atoms with van der Waals surface area (Å²) in [6.45, 7) is -0.221. The molecule has 4 aromatic carbocycles. The van der Waals surface area contributed by atoms with Gasteiger partial charge in [-0.25, -0.2) is 0 Å². The number of hydrogen-bond donors (Lipinski definition) is 1. The molecule has 1 N–H and O–H groups in total. The summed E-state index contributed by atoms with van der Waals surface area (Å²) in [6, 6.07) is 21.1. The summed E-state index contributed by atoms with van der Waals surface area (Å²) >= 11 is 3.41. The van der Waals surface area contributed by atoms with Crippen molar-refractivity contribution in [3.8, 4) is 23.0 Å². The van der Waals surface area contributed by atoms with Gasteiger partial charge in [0.05, 0.1) is 17.7 Å². The number of aliphatic hydroxyl groups is 1. The van der Waals surface area contributed by atoms with Crippen LogP contribution in [0.2, 0.25) is 0 Å². The molecule has 0 unspecified atom stereocenters. The predicted molar refractivity (Wildman–Crippen MR) is 153 cm³/mol. The number of para-hydroxylation sites is 2. The zero-order chi connectivity index (χ0) is 30.1. The fourth-order valence-electron chi connectivity index (χ4n) is 4.49. The second-order valence-corrected chi connectivity index (χ2v) is 9.89. The molecule has 3 nitrogen and oxygen atoms in total. The van der Waals surface area contributed by atoms with E-state index in [1.807, 2.05) is 18.2 Å². The van der Waals surface area contributed by atoms with Gasteiger partial charge in [0.25, 0.3) is 0 Å². The lowest BCUT2D eigenvalue weighted by atomic mass is 10.0. The van der Waals surface area contributed by atoms with Crippen LogP contribution in [0.5, 0.6) is 23.0 Å². The maximum atomic E-state index is 12.8. The van der Waals surface area contributed by atoms with Crippen molar-refractivity contribution in [3.05, 3.63) is 118 Å². The zero-order valence-corrected chi connectivity index (χ0v) is 23.1. The fourth-order valence-corrected chi connectivity index (χ4v) is 4.95. The van der Waals surface area contributed by atoms with Crippen LogP contribution in [-0.2, 0) is 12.4 Å². The SMILES string of the molecule is FC(F)(F)c1ccc2c(c1)Oc1ccccc1C(CBr)=C2.OCC1=Cc2ccc(C(F)(F)F)cc2Oc2ccccc21. The van der Waals surface area contributed by atoms with Crippen LogP contribution >= 0.6 is 15.9 Å². The average molecular weight is 647 g/mol. The first-order valence-electron chi connectivity index (χ1n) is 12.5. The Morgan fingerprint density at radius 3 is 1.43 bits per heavy atom. The molecule has 0 saturated heterocycles. The van der Waals surface area contributed by atoms with Gasteiger partial charge in [0.2, 0.25) is 0 Å². The monoisotopic (exact) mass is 646 g/mol. The molecule has 0 saturated carbocycles. The third-order valence-corrected chi connectivity index (χ3v) is 7.17. The minimum Gasteiger partial charge on any atom is -0.456 e. The van der Waals surface area contributed by atoms with E-state index in [-0.39, 0.29) is 18.1 Å². The summed E-state index contributed by atoms with van der Waals surface area (Å²) in [5.41, 5.74) is 2.77. The number of benzene rings is 4. The molecule has 0 spiro atoms. The van der Waals surface area contributed by atoms with E-state index in [4.69, 9.17) is 9.47 Å². The van der Waals surface area contributed by atoms with Crippen LogP contribution in [0, 0.1) is 0 Å². The molecule has 2 aliphatic rings. The Morgan fingerprint density at radius 1 is 0.571 bits per heavy atom. The molecule has 4 aromatic rings. The molecule has 0 bridgehead atoms. The molecule has 0 amide bonds. The largest absolute Gasteiger partial charge is 0.456 e. The Labute approximate surface area is 245 Å². The van der Waals surface area contributed by atoms with Crippen LogP contribution in [0.4, 0.5) is 26.3 Å². The molecule has 42 heavy (non-hydrogen) atoms. The maximum Gasteiger partial charge on any atom is 0.416 e. The normalized spacial score (nSPS) is 13.6. The maximum absolute atomic E-state index is 12.8. The standard InChI is InChI=1S/C16H10BrF3O.C16H11F3O2/c17-9-11-7-10-5-6-12(16(18,19)20)8-15(10)21-14-4-2-1-3-13(11)14;17-16(18,19)12-6-5-10-7-11(9-20)13-3-1-2-4-14(13)21-15(10)8-12/h1-8H,9H2;1-8,20H,9H2. The van der Waals surface area contributed by atoms with Crippen LogP contribution < -0.4 is 9.47 Å². The second kappa shape index (κ2) is 11.7. The van der Waals surface area contributed by atoms with Crippen LogP contribution in [0.25, 0.3) is 23.3 Å². The topological polar surface area (TPSA) is 38.7 Å². The van der Waals surface area contributed by atoms with Crippen molar-refractivity contribution in [1.29, 1.82) is 0 Å². The van der Waals surface area contributed by atoms with Crippen LogP contribution in [0.15, 0.2) is 84.9 Å². The molecule has 0 aromatic heterocycles. The molecular formula is C32H21BrF6O3. The van der Waals surface area contributed by atoms with Gasteiger partial charge < -0.3 is 14.6 Å². The van der Waals surface area contributed by atoms with Crippen molar-refractivity contribution >= 4 is 39.2 Å². The average Bonchev–Trinajstić information content (AvgIpc) is 3.23. The van der Waals surface area contributed by atoms with E-state index in [0.717, 1.165) is 35.4 Å². The van der Waals surface area contributed by atoms with Crippen molar-refractivity contribution in [1.82, 2.24) is 0 Å². The number of allylic oxidation sites excluding steroid dienone is 1. The lowest BCUT2D eigenvalue weighted by molar-refractivity contribution is -0.138. The highest BCUT2D eigenvalue weighted by molar-refractivity contribution is 9.09. The van der Waals surface area contributed by atoms with Gasteiger partial charge >= 0.3 is 12.4 Å². The Morgan fingerprint density at radius 2 is 1.00 bits per heavy atom. The van der Waals surface area contributed by atoms with Gasteiger partial charge in [-0.3, -0.25) is 0 Å². The fraction of sp³-hybridized carbons (Fsp3) is 0.125. The van der Waals surface area contributed by atoms with Gasteiger partial charge in [0.15, 0.2) is 0 Å². The highest BCUT2D eigenvalue weighted by Crippen LogP contribution is 2.42. The van der Waals surface area contributed by atoms with Crippen molar-refractivity contribution in [2.45, 2.75) is 12.4 Å². The highest BCUT2D eigenvalue weighted by atomic mass is 79.9. The molecule has 6 rings (SSSR count). The van der Waals surface area contributed by atoms with Crippen LogP contribution in [0.1, 0.15) is 33.4 Å². The van der Waals surface area contributed by atoms with E-state index in [1.54, 1.807) is 42.5 Å². The molecule has 0 aliphatic carbocycles. The Balaban J connectivity index is 0.000000168. The van der Waals surface area contributed by atoms with E-state index < -0.39 is 23.5 Å². The summed E-state index contributed by atoms with van der Waals surface area (Å²) in [6.07, 6.45) is -5.32. The molecule has 0 atom stereocenters. The molecule has 2 aliphatic heterocycles. The Hall–Kier alpha value is -4.02. The van der Waals surface area contributed by atoms with Gasteiger partial charge in [0.1, 0.15) is 23.0 Å². The summed E-state index contributed by atoms with van der Waals surface area (Å²) in [5.74, 6) is 1.33. The van der Waals surface area contributed by atoms with Gasteiger partial charge in [-0.1, -0.05) is 64.5 Å². The number of halogens is 7. The van der Waals surface area contributed by atoms with Gasteiger partial charge in [0, 0.05) is 27.6 Å². The summed E-state index contributed by atoms with van der Waals surface area (Å²) in [5, 5.41) is 10.1. The van der Waals surface area contributed by atoms with E-state index in [0.29, 0.717) is 39.1 Å². The minimum atomic E-state index is -4.42. The van der Waals surface area contributed by atoms with Crippen molar-refractivity contribution < 1.29 is 40.9 Å². The van der Waals surface area contributed by atoms with Gasteiger partial charge in [-0.2, -0.15) is 26.3 Å². The van der Waals surface area contributed by atoms with Gasteiger partial charge in [-0.05, 0) is 59.7 Å². The Bertz CT molecular complexity index is 1560. The lowest BCUT2D eigenvalue weighted by Gasteiger charge is -2.12. The van der Waals surface area contributed by atoms with Crippen LogP contribution in [0.3, 0.4) is 0 Å². The Kier molecular flexibility index (Phi) is 8.21. The quantitative estimate of drug-likeness (QED) is 0.174. The van der Waals surface area contributed by atoms with E-state index in [9.17, 15) is 31.4 Å². The number of alkyl halides is 7. The molecule has 216 valence electrons. The van der Waals surface area contributed by atoms with Crippen molar-refractivity contribution in [2.75, 3.05) is 11.9 Å².